The molecule has 1 aromatic carbocycles. The number of alkyl halides is 3. The Bertz CT molecular complexity index is 715. The first-order valence-corrected chi connectivity index (χ1v) is 8.77. The molecule has 1 aliphatic heterocycles. The van der Waals surface area contributed by atoms with Crippen LogP contribution in [-0.2, 0) is 9.53 Å². The van der Waals surface area contributed by atoms with E-state index in [0.717, 1.165) is 6.08 Å². The van der Waals surface area contributed by atoms with Crippen molar-refractivity contribution in [3.63, 3.8) is 0 Å². The van der Waals surface area contributed by atoms with Gasteiger partial charge in [0.1, 0.15) is 11.6 Å². The minimum atomic E-state index is -4.59. The van der Waals surface area contributed by atoms with Crippen LogP contribution in [0, 0.1) is 0 Å². The van der Waals surface area contributed by atoms with Crippen LogP contribution >= 0.6 is 0 Å². The molecule has 1 unspecified atom stereocenters. The number of halogens is 3. The van der Waals surface area contributed by atoms with E-state index in [-0.39, 0.29) is 19.1 Å². The largest absolute Gasteiger partial charge is 0.465 e. The molecule has 3 N–H and O–H groups in total. The van der Waals surface area contributed by atoms with Gasteiger partial charge in [-0.25, -0.2) is 9.59 Å². The second-order valence-corrected chi connectivity index (χ2v) is 7.31. The summed E-state index contributed by atoms with van der Waals surface area (Å²) in [6, 6.07) is 4.42. The first-order valence-electron chi connectivity index (χ1n) is 8.77. The number of amides is 1. The van der Waals surface area contributed by atoms with E-state index >= 15 is 0 Å². The molecule has 1 fully saturated rings. The fraction of sp³-hybridized carbons (Fsp3) is 0.474. The maximum atomic E-state index is 13.0. The van der Waals surface area contributed by atoms with Crippen LogP contribution in [-0.4, -0.2) is 59.5 Å². The summed E-state index contributed by atoms with van der Waals surface area (Å²) in [6.45, 7) is 8.32. The van der Waals surface area contributed by atoms with E-state index in [0.29, 0.717) is 16.3 Å². The van der Waals surface area contributed by atoms with Gasteiger partial charge in [-0.2, -0.15) is 13.2 Å². The highest BCUT2D eigenvalue weighted by Crippen LogP contribution is 2.30. The van der Waals surface area contributed by atoms with Crippen LogP contribution < -0.4 is 10.6 Å². The number of nitrogens with two attached hydrogens (primary N) is 1. The van der Waals surface area contributed by atoms with Gasteiger partial charge in [0.15, 0.2) is 0 Å². The number of anilines is 2. The smallest absolute Gasteiger partial charge is 0.410 e. The molecule has 1 aromatic rings. The fourth-order valence-corrected chi connectivity index (χ4v) is 2.56. The van der Waals surface area contributed by atoms with Crippen molar-refractivity contribution >= 4 is 23.4 Å². The number of hydrogen-bond donors (Lipinski definition) is 2. The molecule has 1 heterocycles. The predicted molar refractivity (Wildman–Crippen MR) is 104 cm³/mol. The lowest BCUT2D eigenvalue weighted by molar-refractivity contribution is -0.178. The molecular weight excluding hydrogens is 391 g/mol. The summed E-state index contributed by atoms with van der Waals surface area (Å²) >= 11 is 0. The lowest BCUT2D eigenvalue weighted by Crippen LogP contribution is -2.60. The zero-order valence-electron chi connectivity index (χ0n) is 16.6. The van der Waals surface area contributed by atoms with E-state index in [1.807, 2.05) is 20.8 Å². The summed E-state index contributed by atoms with van der Waals surface area (Å²) in [4.78, 5) is 23.3. The summed E-state index contributed by atoms with van der Waals surface area (Å²) < 4.78 is 43.7. The molecule has 0 aliphatic carbocycles. The average molecular weight is 417 g/mol. The Hall–Kier alpha value is -2.91. The first kappa shape index (κ1) is 24.1. The van der Waals surface area contributed by atoms with Gasteiger partial charge >= 0.3 is 18.2 Å². The molecular formula is C19H26F3N3O4. The van der Waals surface area contributed by atoms with Gasteiger partial charge in [0, 0.05) is 37.1 Å². The maximum absolute atomic E-state index is 13.0. The molecule has 0 saturated carbocycles. The number of benzene rings is 1. The molecule has 2 rings (SSSR count). The molecule has 1 amide bonds. The van der Waals surface area contributed by atoms with Gasteiger partial charge in [-0.3, -0.25) is 4.90 Å². The van der Waals surface area contributed by atoms with Gasteiger partial charge in [0.05, 0.1) is 0 Å². The standard InChI is InChI=1S/C12H14F3N3O2.C7H12O2/c13-12(14,15)10-7-17(5-6-18(10)11(19)20)9-3-1-8(16)2-4-9;1-5-6(8)9-7(2,3)4/h1-4,10H,5-7,16H2,(H,19,20);5H,1H2,2-4H3. The summed E-state index contributed by atoms with van der Waals surface area (Å²) in [6.07, 6.45) is -4.99. The van der Waals surface area contributed by atoms with Gasteiger partial charge < -0.3 is 20.5 Å². The van der Waals surface area contributed by atoms with Crippen molar-refractivity contribution in [2.45, 2.75) is 38.6 Å². The van der Waals surface area contributed by atoms with Crippen LogP contribution in [0.4, 0.5) is 29.3 Å². The Morgan fingerprint density at radius 3 is 2.14 bits per heavy atom. The van der Waals surface area contributed by atoms with E-state index < -0.39 is 30.5 Å². The van der Waals surface area contributed by atoms with Crippen molar-refractivity contribution in [1.29, 1.82) is 0 Å². The molecule has 0 aromatic heterocycles. The molecule has 1 aliphatic rings. The van der Waals surface area contributed by atoms with Crippen LogP contribution in [0.5, 0.6) is 0 Å². The summed E-state index contributed by atoms with van der Waals surface area (Å²) in [5, 5.41) is 8.86. The van der Waals surface area contributed by atoms with Gasteiger partial charge in [0.2, 0.25) is 0 Å². The zero-order valence-corrected chi connectivity index (χ0v) is 16.6. The van der Waals surface area contributed by atoms with Crippen molar-refractivity contribution < 1.29 is 32.6 Å². The Morgan fingerprint density at radius 2 is 1.76 bits per heavy atom. The minimum Gasteiger partial charge on any atom is -0.465 e. The third kappa shape index (κ3) is 7.92. The van der Waals surface area contributed by atoms with Crippen molar-refractivity contribution in [1.82, 2.24) is 4.90 Å². The molecule has 162 valence electrons. The topological polar surface area (TPSA) is 96.1 Å². The zero-order chi connectivity index (χ0) is 22.4. The lowest BCUT2D eigenvalue weighted by atomic mass is 10.1. The number of carboxylic acid groups (broad SMARTS) is 1. The number of esters is 1. The van der Waals surface area contributed by atoms with Crippen molar-refractivity contribution in [3.8, 4) is 0 Å². The Kier molecular flexibility index (Phi) is 7.93. The number of carbonyl (C=O) groups is 2. The number of nitrogens with zero attached hydrogens (tertiary/aromatic N) is 2. The normalized spacial score (nSPS) is 17.1. The third-order valence-electron chi connectivity index (χ3n) is 3.84. The number of carbonyl (C=O) groups excluding carboxylic acids is 1. The predicted octanol–water partition coefficient (Wildman–Crippen LogP) is 3.51. The number of rotatable bonds is 2. The highest BCUT2D eigenvalue weighted by atomic mass is 19.4. The lowest BCUT2D eigenvalue weighted by Gasteiger charge is -2.41. The molecule has 7 nitrogen and oxygen atoms in total. The first-order chi connectivity index (χ1) is 13.2. The molecule has 1 atom stereocenters. The quantitative estimate of drug-likeness (QED) is 0.434. The van der Waals surface area contributed by atoms with Crippen molar-refractivity contribution in [2.75, 3.05) is 30.3 Å². The highest BCUT2D eigenvalue weighted by Gasteiger charge is 2.48. The average Bonchev–Trinajstić information content (AvgIpc) is 2.60. The number of hydrogen-bond acceptors (Lipinski definition) is 5. The second kappa shape index (κ2) is 9.53. The van der Waals surface area contributed by atoms with Crippen LogP contribution in [0.1, 0.15) is 20.8 Å². The van der Waals surface area contributed by atoms with Crippen LogP contribution in [0.25, 0.3) is 0 Å². The molecule has 1 saturated heterocycles. The van der Waals surface area contributed by atoms with E-state index in [1.165, 1.54) is 4.90 Å². The SMILES string of the molecule is C=CC(=O)OC(C)(C)C.Nc1ccc(N2CCN(C(=O)O)C(C(F)(F)F)C2)cc1. The highest BCUT2D eigenvalue weighted by molar-refractivity contribution is 5.81. The van der Waals surface area contributed by atoms with E-state index in [4.69, 9.17) is 15.6 Å². The van der Waals surface area contributed by atoms with Crippen LogP contribution in [0.3, 0.4) is 0 Å². The Morgan fingerprint density at radius 1 is 1.21 bits per heavy atom. The second-order valence-electron chi connectivity index (χ2n) is 7.31. The summed E-state index contributed by atoms with van der Waals surface area (Å²) in [7, 11) is 0. The number of nitrogen functional groups attached to an aromatic ring is 1. The third-order valence-corrected chi connectivity index (χ3v) is 3.84. The summed E-state index contributed by atoms with van der Waals surface area (Å²) in [5.74, 6) is -0.373. The number of ether oxygens (including phenoxy) is 1. The fourth-order valence-electron chi connectivity index (χ4n) is 2.56. The monoisotopic (exact) mass is 417 g/mol. The maximum Gasteiger partial charge on any atom is 0.410 e. The van der Waals surface area contributed by atoms with Gasteiger partial charge in [-0.05, 0) is 45.0 Å². The minimum absolute atomic E-state index is 0.191. The van der Waals surface area contributed by atoms with Gasteiger partial charge in [-0.1, -0.05) is 6.58 Å². The molecule has 0 spiro atoms. The van der Waals surface area contributed by atoms with Crippen molar-refractivity contribution in [2.24, 2.45) is 0 Å². The van der Waals surface area contributed by atoms with E-state index in [1.54, 1.807) is 24.3 Å². The molecule has 0 bridgehead atoms. The molecule has 10 heteroatoms. The Labute approximate surface area is 167 Å². The van der Waals surface area contributed by atoms with Crippen molar-refractivity contribution in [3.05, 3.63) is 36.9 Å². The van der Waals surface area contributed by atoms with Crippen LogP contribution in [0.15, 0.2) is 36.9 Å². The van der Waals surface area contributed by atoms with Crippen LogP contribution in [0.2, 0.25) is 0 Å². The number of piperazine rings is 1. The van der Waals surface area contributed by atoms with E-state index in [2.05, 4.69) is 6.58 Å². The van der Waals surface area contributed by atoms with Gasteiger partial charge in [-0.15, -0.1) is 0 Å². The Balaban J connectivity index is 0.000000396. The molecule has 0 radical (unpaired) electrons. The van der Waals surface area contributed by atoms with E-state index in [9.17, 15) is 22.8 Å². The van der Waals surface area contributed by atoms with Gasteiger partial charge in [0.25, 0.3) is 0 Å². The molecule has 29 heavy (non-hydrogen) atoms. The summed E-state index contributed by atoms with van der Waals surface area (Å²) in [5.41, 5.74) is 6.25.